The SMILES string of the molecule is CC(=O)SCCCCCCCCCCC(=O)N(C)CC(O)C(O)C(O)C(O)CO. The molecule has 0 aliphatic rings. The zero-order valence-electron chi connectivity index (χ0n) is 17.7. The van der Waals surface area contributed by atoms with Gasteiger partial charge in [-0.1, -0.05) is 50.3 Å². The number of aliphatic hydroxyl groups excluding tert-OH is 5. The van der Waals surface area contributed by atoms with E-state index < -0.39 is 31.0 Å². The van der Waals surface area contributed by atoms with Gasteiger partial charge in [-0.3, -0.25) is 9.59 Å². The Morgan fingerprint density at radius 2 is 1.31 bits per heavy atom. The summed E-state index contributed by atoms with van der Waals surface area (Å²) in [5, 5.41) is 47.5. The zero-order valence-corrected chi connectivity index (χ0v) is 18.5. The van der Waals surface area contributed by atoms with E-state index in [0.717, 1.165) is 57.1 Å². The molecule has 172 valence electrons. The number of nitrogens with zero attached hydrogens (tertiary/aromatic N) is 1. The first-order valence-electron chi connectivity index (χ1n) is 10.4. The van der Waals surface area contributed by atoms with Crippen molar-refractivity contribution in [2.45, 2.75) is 89.1 Å². The smallest absolute Gasteiger partial charge is 0.222 e. The topological polar surface area (TPSA) is 139 Å². The van der Waals surface area contributed by atoms with Gasteiger partial charge in [0, 0.05) is 32.7 Å². The number of unbranched alkanes of at least 4 members (excludes halogenated alkanes) is 7. The minimum Gasteiger partial charge on any atom is -0.394 e. The first-order chi connectivity index (χ1) is 13.7. The van der Waals surface area contributed by atoms with Gasteiger partial charge >= 0.3 is 0 Å². The summed E-state index contributed by atoms with van der Waals surface area (Å²) in [6, 6.07) is 0. The standard InChI is InChI=1S/C20H39NO7S/c1-15(23)29-12-10-8-6-4-3-5-7-9-11-18(26)21(2)13-16(24)19(27)20(28)17(25)14-22/h16-17,19-20,22,24-25,27-28H,3-14H2,1-2H3. The minimum absolute atomic E-state index is 0.156. The average Bonchev–Trinajstić information content (AvgIpc) is 2.69. The Bertz CT molecular complexity index is 453. The fourth-order valence-corrected chi connectivity index (χ4v) is 3.54. The van der Waals surface area contributed by atoms with Crippen molar-refractivity contribution >= 4 is 22.8 Å². The van der Waals surface area contributed by atoms with Crippen LogP contribution in [-0.4, -0.2) is 91.8 Å². The summed E-state index contributed by atoms with van der Waals surface area (Å²) in [6.45, 7) is 0.684. The van der Waals surface area contributed by atoms with Crippen LogP contribution in [0.1, 0.15) is 64.7 Å². The quantitative estimate of drug-likeness (QED) is 0.209. The van der Waals surface area contributed by atoms with Crippen LogP contribution >= 0.6 is 11.8 Å². The predicted octanol–water partition coefficient (Wildman–Crippen LogP) is 0.671. The highest BCUT2D eigenvalue weighted by atomic mass is 32.2. The van der Waals surface area contributed by atoms with Crippen molar-refractivity contribution in [3.8, 4) is 0 Å². The van der Waals surface area contributed by atoms with Gasteiger partial charge in [0.1, 0.15) is 24.4 Å². The van der Waals surface area contributed by atoms with Crippen molar-refractivity contribution < 1.29 is 35.1 Å². The number of carbonyl (C=O) groups is 2. The van der Waals surface area contributed by atoms with Crippen molar-refractivity contribution in [1.29, 1.82) is 0 Å². The molecule has 0 spiro atoms. The maximum atomic E-state index is 12.1. The van der Waals surface area contributed by atoms with E-state index in [-0.39, 0.29) is 17.6 Å². The monoisotopic (exact) mass is 437 g/mol. The molecular formula is C20H39NO7S. The van der Waals surface area contributed by atoms with Gasteiger partial charge in [-0.15, -0.1) is 0 Å². The Morgan fingerprint density at radius 1 is 0.828 bits per heavy atom. The van der Waals surface area contributed by atoms with Gasteiger partial charge in [0.2, 0.25) is 5.91 Å². The van der Waals surface area contributed by atoms with Gasteiger partial charge < -0.3 is 30.4 Å². The summed E-state index contributed by atoms with van der Waals surface area (Å²) >= 11 is 1.38. The molecule has 0 radical (unpaired) electrons. The number of rotatable bonds is 17. The van der Waals surface area contributed by atoms with Crippen LogP contribution in [0.25, 0.3) is 0 Å². The lowest BCUT2D eigenvalue weighted by Crippen LogP contribution is -2.49. The summed E-state index contributed by atoms with van der Waals surface area (Å²) in [5.74, 6) is 0.744. The lowest BCUT2D eigenvalue weighted by molar-refractivity contribution is -0.138. The van der Waals surface area contributed by atoms with E-state index in [4.69, 9.17) is 5.11 Å². The van der Waals surface area contributed by atoms with E-state index in [9.17, 15) is 30.0 Å². The van der Waals surface area contributed by atoms with E-state index >= 15 is 0 Å². The normalized spacial score (nSPS) is 15.6. The summed E-state index contributed by atoms with van der Waals surface area (Å²) in [7, 11) is 1.51. The fraction of sp³-hybridized carbons (Fsp3) is 0.900. The molecule has 0 aliphatic heterocycles. The molecule has 0 bridgehead atoms. The van der Waals surface area contributed by atoms with Crippen molar-refractivity contribution in [3.05, 3.63) is 0 Å². The van der Waals surface area contributed by atoms with Crippen molar-refractivity contribution in [2.75, 3.05) is 26.0 Å². The van der Waals surface area contributed by atoms with Gasteiger partial charge in [0.25, 0.3) is 0 Å². The molecule has 0 rings (SSSR count). The van der Waals surface area contributed by atoms with Gasteiger partial charge in [-0.25, -0.2) is 0 Å². The number of amides is 1. The maximum absolute atomic E-state index is 12.1. The van der Waals surface area contributed by atoms with E-state index in [0.29, 0.717) is 6.42 Å². The molecule has 9 heteroatoms. The second-order valence-electron chi connectivity index (χ2n) is 7.49. The maximum Gasteiger partial charge on any atom is 0.222 e. The number of hydrogen-bond acceptors (Lipinski definition) is 8. The molecule has 0 aromatic heterocycles. The Kier molecular flexibility index (Phi) is 16.6. The highest BCUT2D eigenvalue weighted by Crippen LogP contribution is 2.13. The van der Waals surface area contributed by atoms with Crippen LogP contribution in [-0.2, 0) is 9.59 Å². The fourth-order valence-electron chi connectivity index (χ4n) is 2.90. The van der Waals surface area contributed by atoms with E-state index in [1.54, 1.807) is 6.92 Å². The van der Waals surface area contributed by atoms with Crippen molar-refractivity contribution in [2.24, 2.45) is 0 Å². The van der Waals surface area contributed by atoms with Crippen molar-refractivity contribution in [1.82, 2.24) is 4.90 Å². The van der Waals surface area contributed by atoms with E-state index in [1.165, 1.54) is 23.7 Å². The van der Waals surface area contributed by atoms with E-state index in [2.05, 4.69) is 0 Å². The molecular weight excluding hydrogens is 398 g/mol. The number of thioether (sulfide) groups is 1. The molecule has 0 aliphatic carbocycles. The zero-order chi connectivity index (χ0) is 22.2. The number of hydrogen-bond donors (Lipinski definition) is 5. The first-order valence-corrected chi connectivity index (χ1v) is 11.4. The molecule has 5 N–H and O–H groups in total. The molecule has 0 aromatic carbocycles. The predicted molar refractivity (Wildman–Crippen MR) is 113 cm³/mol. The molecule has 0 aromatic rings. The number of carbonyl (C=O) groups excluding carboxylic acids is 2. The summed E-state index contributed by atoms with van der Waals surface area (Å²) < 4.78 is 0. The minimum atomic E-state index is -1.69. The Balaban J connectivity index is 3.77. The second kappa shape index (κ2) is 17.0. The van der Waals surface area contributed by atoms with Crippen LogP contribution in [0.3, 0.4) is 0 Å². The van der Waals surface area contributed by atoms with Crippen LogP contribution in [0.15, 0.2) is 0 Å². The Hall–Kier alpha value is -0.710. The highest BCUT2D eigenvalue weighted by Gasteiger charge is 2.31. The Morgan fingerprint density at radius 3 is 1.83 bits per heavy atom. The molecule has 8 nitrogen and oxygen atoms in total. The molecule has 4 atom stereocenters. The summed E-state index contributed by atoms with van der Waals surface area (Å²) in [5.41, 5.74) is 0. The third-order valence-electron chi connectivity index (χ3n) is 4.80. The first kappa shape index (κ1) is 28.3. The number of aliphatic hydroxyl groups is 5. The molecule has 0 saturated carbocycles. The van der Waals surface area contributed by atoms with Crippen LogP contribution in [0, 0.1) is 0 Å². The lowest BCUT2D eigenvalue weighted by atomic mass is 10.0. The third-order valence-corrected chi connectivity index (χ3v) is 5.70. The number of likely N-dealkylation sites (N-methyl/N-ethyl adjacent to an activating group) is 1. The molecule has 29 heavy (non-hydrogen) atoms. The highest BCUT2D eigenvalue weighted by molar-refractivity contribution is 8.13. The van der Waals surface area contributed by atoms with E-state index in [1.807, 2.05) is 0 Å². The summed E-state index contributed by atoms with van der Waals surface area (Å²) in [4.78, 5) is 24.2. The van der Waals surface area contributed by atoms with Gasteiger partial charge in [-0.2, -0.15) is 0 Å². The molecule has 4 unspecified atom stereocenters. The van der Waals surface area contributed by atoms with Crippen LogP contribution < -0.4 is 0 Å². The molecule has 0 heterocycles. The second-order valence-corrected chi connectivity index (χ2v) is 8.76. The Labute approximate surface area is 178 Å². The van der Waals surface area contributed by atoms with Gasteiger partial charge in [0.05, 0.1) is 6.61 Å². The van der Waals surface area contributed by atoms with Crippen LogP contribution in [0.2, 0.25) is 0 Å². The van der Waals surface area contributed by atoms with Gasteiger partial charge in [0.15, 0.2) is 5.12 Å². The van der Waals surface area contributed by atoms with Crippen LogP contribution in [0.5, 0.6) is 0 Å². The molecule has 1 amide bonds. The summed E-state index contributed by atoms with van der Waals surface area (Å²) in [6.07, 6.45) is 2.45. The molecule has 0 fully saturated rings. The largest absolute Gasteiger partial charge is 0.394 e. The van der Waals surface area contributed by atoms with Crippen molar-refractivity contribution in [3.63, 3.8) is 0 Å². The van der Waals surface area contributed by atoms with Crippen LogP contribution in [0.4, 0.5) is 0 Å². The van der Waals surface area contributed by atoms with Gasteiger partial charge in [-0.05, 0) is 12.8 Å². The average molecular weight is 438 g/mol. The third kappa shape index (κ3) is 14.0. The molecule has 0 saturated heterocycles. The lowest BCUT2D eigenvalue weighted by Gasteiger charge is -2.28.